The van der Waals surface area contributed by atoms with E-state index in [4.69, 9.17) is 11.6 Å². The average Bonchev–Trinajstić information content (AvgIpc) is 2.93. The largest absolute Gasteiger partial charge is 0.274 e. The fourth-order valence-electron chi connectivity index (χ4n) is 1.86. The lowest BCUT2D eigenvalue weighted by Gasteiger charge is -2.10. The summed E-state index contributed by atoms with van der Waals surface area (Å²) in [4.78, 5) is -0.457. The molecule has 0 bridgehead atoms. The molecule has 1 N–H and O–H groups in total. The summed E-state index contributed by atoms with van der Waals surface area (Å²) in [6, 6.07) is 2.96. The van der Waals surface area contributed by atoms with Gasteiger partial charge < -0.3 is 0 Å². The van der Waals surface area contributed by atoms with Gasteiger partial charge in [0.05, 0.1) is 5.02 Å². The molecule has 2 aromatic carbocycles. The van der Waals surface area contributed by atoms with Crippen LogP contribution < -0.4 is 4.72 Å². The van der Waals surface area contributed by atoms with Crippen LogP contribution in [-0.2, 0) is 10.0 Å². The molecule has 0 fully saturated rings. The van der Waals surface area contributed by atoms with Crippen LogP contribution in [0.1, 0.15) is 0 Å². The number of hydrogen-bond donors (Lipinski definition) is 1. The molecule has 6 nitrogen and oxygen atoms in total. The van der Waals surface area contributed by atoms with Crippen LogP contribution in [0.2, 0.25) is 5.02 Å². The van der Waals surface area contributed by atoms with E-state index in [2.05, 4.69) is 14.9 Å². The summed E-state index contributed by atoms with van der Waals surface area (Å²) in [5.74, 6) is -4.00. The van der Waals surface area contributed by atoms with Crippen molar-refractivity contribution in [1.82, 2.24) is 10.3 Å². The SMILES string of the molecule is O=S(=O)(Nc1c(F)cc(F)cc1F)c1ccc(Cl)c2nonc12. The Morgan fingerprint density at radius 1 is 1.04 bits per heavy atom. The topological polar surface area (TPSA) is 85.1 Å². The van der Waals surface area contributed by atoms with E-state index in [0.29, 0.717) is 12.1 Å². The van der Waals surface area contributed by atoms with Crippen LogP contribution in [0.25, 0.3) is 11.0 Å². The van der Waals surface area contributed by atoms with Gasteiger partial charge in [0.2, 0.25) is 0 Å². The third kappa shape index (κ3) is 2.70. The highest BCUT2D eigenvalue weighted by Gasteiger charge is 2.25. The van der Waals surface area contributed by atoms with E-state index < -0.39 is 38.1 Å². The summed E-state index contributed by atoms with van der Waals surface area (Å²) in [5.41, 5.74) is -1.27. The Balaban J connectivity index is 2.12. The molecule has 0 aliphatic rings. The van der Waals surface area contributed by atoms with Gasteiger partial charge in [-0.1, -0.05) is 11.6 Å². The van der Waals surface area contributed by atoms with Crippen molar-refractivity contribution in [2.75, 3.05) is 4.72 Å². The molecule has 0 aliphatic heterocycles. The van der Waals surface area contributed by atoms with Crippen molar-refractivity contribution in [2.45, 2.75) is 4.90 Å². The van der Waals surface area contributed by atoms with Gasteiger partial charge in [-0.15, -0.1) is 0 Å². The lowest BCUT2D eigenvalue weighted by atomic mass is 10.3. The Labute approximate surface area is 131 Å². The Morgan fingerprint density at radius 2 is 1.65 bits per heavy atom. The van der Waals surface area contributed by atoms with E-state index >= 15 is 0 Å². The number of nitrogens with one attached hydrogen (secondary N) is 1. The molecular weight excluding hydrogens is 359 g/mol. The molecule has 3 rings (SSSR count). The summed E-state index contributed by atoms with van der Waals surface area (Å²) in [6.07, 6.45) is 0. The van der Waals surface area contributed by atoms with Crippen LogP contribution in [0.4, 0.5) is 18.9 Å². The van der Waals surface area contributed by atoms with Gasteiger partial charge in [-0.2, -0.15) is 0 Å². The summed E-state index contributed by atoms with van der Waals surface area (Å²) >= 11 is 5.81. The van der Waals surface area contributed by atoms with E-state index in [1.807, 2.05) is 0 Å². The molecule has 0 saturated heterocycles. The van der Waals surface area contributed by atoms with E-state index in [-0.39, 0.29) is 16.1 Å². The molecule has 11 heteroatoms. The lowest BCUT2D eigenvalue weighted by Crippen LogP contribution is -2.16. The van der Waals surface area contributed by atoms with E-state index in [0.717, 1.165) is 6.07 Å². The number of nitrogens with zero attached hydrogens (tertiary/aromatic N) is 2. The van der Waals surface area contributed by atoms with Crippen molar-refractivity contribution in [3.8, 4) is 0 Å². The lowest BCUT2D eigenvalue weighted by molar-refractivity contribution is 0.315. The number of rotatable bonds is 3. The molecule has 0 spiro atoms. The molecule has 0 unspecified atom stereocenters. The van der Waals surface area contributed by atoms with Crippen LogP contribution in [0.5, 0.6) is 0 Å². The number of aromatic nitrogens is 2. The maximum absolute atomic E-state index is 13.6. The molecule has 0 saturated carbocycles. The zero-order valence-corrected chi connectivity index (χ0v) is 12.4. The van der Waals surface area contributed by atoms with Crippen LogP contribution >= 0.6 is 11.6 Å². The number of sulfonamides is 1. The second kappa shape index (κ2) is 5.39. The first kappa shape index (κ1) is 15.6. The average molecular weight is 364 g/mol. The fraction of sp³-hybridized carbons (Fsp3) is 0. The Morgan fingerprint density at radius 3 is 2.30 bits per heavy atom. The highest BCUT2D eigenvalue weighted by molar-refractivity contribution is 7.93. The molecule has 0 atom stereocenters. The summed E-state index contributed by atoms with van der Waals surface area (Å²) in [5, 5.41) is 6.93. The number of benzene rings is 2. The fourth-order valence-corrected chi connectivity index (χ4v) is 3.26. The first-order valence-electron chi connectivity index (χ1n) is 5.88. The first-order chi connectivity index (χ1) is 10.8. The van der Waals surface area contributed by atoms with Gasteiger partial charge in [0.15, 0.2) is 22.7 Å². The second-order valence-corrected chi connectivity index (χ2v) is 6.41. The van der Waals surface area contributed by atoms with Crippen molar-refractivity contribution < 1.29 is 26.2 Å². The zero-order valence-electron chi connectivity index (χ0n) is 10.8. The van der Waals surface area contributed by atoms with Gasteiger partial charge in [-0.05, 0) is 22.4 Å². The van der Waals surface area contributed by atoms with Crippen LogP contribution in [0.3, 0.4) is 0 Å². The predicted octanol–water partition coefficient (Wildman–Crippen LogP) is 3.09. The van der Waals surface area contributed by atoms with Crippen molar-refractivity contribution in [2.24, 2.45) is 0 Å². The number of halogens is 4. The van der Waals surface area contributed by atoms with E-state index in [1.165, 1.54) is 6.07 Å². The van der Waals surface area contributed by atoms with Gasteiger partial charge in [0.1, 0.15) is 16.4 Å². The number of fused-ring (bicyclic) bond motifs is 1. The molecule has 1 heterocycles. The van der Waals surface area contributed by atoms with Gasteiger partial charge in [0, 0.05) is 12.1 Å². The second-order valence-electron chi connectivity index (χ2n) is 4.36. The quantitative estimate of drug-likeness (QED) is 0.773. The van der Waals surface area contributed by atoms with E-state index in [9.17, 15) is 21.6 Å². The summed E-state index contributed by atoms with van der Waals surface area (Å²) in [7, 11) is -4.46. The van der Waals surface area contributed by atoms with E-state index in [1.54, 1.807) is 4.72 Å². The first-order valence-corrected chi connectivity index (χ1v) is 7.74. The minimum atomic E-state index is -4.46. The number of hydrogen-bond acceptors (Lipinski definition) is 5. The molecule has 3 aromatic rings. The Kier molecular flexibility index (Phi) is 3.65. The Bertz CT molecular complexity index is 1000. The third-order valence-corrected chi connectivity index (χ3v) is 4.55. The highest BCUT2D eigenvalue weighted by atomic mass is 35.5. The molecule has 120 valence electrons. The van der Waals surface area contributed by atoms with Crippen molar-refractivity contribution >= 4 is 38.3 Å². The third-order valence-electron chi connectivity index (χ3n) is 2.86. The Hall–Kier alpha value is -2.33. The predicted molar refractivity (Wildman–Crippen MR) is 73.9 cm³/mol. The van der Waals surface area contributed by atoms with Crippen molar-refractivity contribution in [1.29, 1.82) is 0 Å². The van der Waals surface area contributed by atoms with Gasteiger partial charge in [-0.25, -0.2) is 26.2 Å². The molecule has 0 amide bonds. The molecule has 0 aliphatic carbocycles. The van der Waals surface area contributed by atoms with Crippen LogP contribution in [0, 0.1) is 17.5 Å². The maximum Gasteiger partial charge on any atom is 0.264 e. The highest BCUT2D eigenvalue weighted by Crippen LogP contribution is 2.29. The molecule has 23 heavy (non-hydrogen) atoms. The normalized spacial score (nSPS) is 11.8. The molecule has 1 aromatic heterocycles. The van der Waals surface area contributed by atoms with Crippen LogP contribution in [-0.4, -0.2) is 18.7 Å². The van der Waals surface area contributed by atoms with Gasteiger partial charge in [0.25, 0.3) is 10.0 Å². The maximum atomic E-state index is 13.6. The molecular formula is C12H5ClF3N3O3S. The summed E-state index contributed by atoms with van der Waals surface area (Å²) in [6.45, 7) is 0. The monoisotopic (exact) mass is 363 g/mol. The minimum Gasteiger partial charge on any atom is -0.274 e. The standard InChI is InChI=1S/C12H5ClF3N3O3S/c13-6-1-2-9(12-10(6)17-22-18-12)23(20,21)19-11-7(15)3-5(14)4-8(11)16/h1-4,19H. The van der Waals surface area contributed by atoms with Gasteiger partial charge in [-0.3, -0.25) is 4.72 Å². The van der Waals surface area contributed by atoms with Crippen molar-refractivity contribution in [3.63, 3.8) is 0 Å². The van der Waals surface area contributed by atoms with Crippen molar-refractivity contribution in [3.05, 3.63) is 46.7 Å². The zero-order chi connectivity index (χ0) is 16.8. The number of anilines is 1. The van der Waals surface area contributed by atoms with Gasteiger partial charge >= 0.3 is 0 Å². The smallest absolute Gasteiger partial charge is 0.264 e. The molecule has 0 radical (unpaired) electrons. The summed E-state index contributed by atoms with van der Waals surface area (Å²) < 4.78 is 70.8. The van der Waals surface area contributed by atoms with Crippen LogP contribution in [0.15, 0.2) is 33.8 Å². The minimum absolute atomic E-state index is 0.0328.